The maximum Gasteiger partial charge on any atom is 0.329 e. The standard InChI is InChI=1S/C6H11O6PS/c1-3-6(14(10,11)12)5(2)4-13(7,8)9/h3H,1,4H2,2H3,(H2,7,8,9)(H,10,11,12). The molecule has 0 unspecified atom stereocenters. The van der Waals surface area contributed by atoms with Crippen molar-refractivity contribution >= 4 is 17.7 Å². The zero-order chi connectivity index (χ0) is 11.6. The summed E-state index contributed by atoms with van der Waals surface area (Å²) in [6.07, 6.45) is 0.106. The van der Waals surface area contributed by atoms with E-state index in [1.54, 1.807) is 0 Å². The SMILES string of the molecule is C=CC(=C(C)CP(=O)(O)O)S(=O)(=O)O. The minimum absolute atomic E-state index is 0.129. The van der Waals surface area contributed by atoms with Gasteiger partial charge in [-0.1, -0.05) is 6.58 Å². The summed E-state index contributed by atoms with van der Waals surface area (Å²) in [7, 11) is -8.81. The molecule has 0 fully saturated rings. The van der Waals surface area contributed by atoms with Crippen LogP contribution in [0.15, 0.2) is 23.1 Å². The maximum absolute atomic E-state index is 10.7. The predicted octanol–water partition coefficient (Wildman–Crippen LogP) is 0.512. The highest BCUT2D eigenvalue weighted by Crippen LogP contribution is 2.37. The molecule has 3 N–H and O–H groups in total. The van der Waals surface area contributed by atoms with Crippen LogP contribution in [0.5, 0.6) is 0 Å². The van der Waals surface area contributed by atoms with Crippen molar-refractivity contribution in [3.8, 4) is 0 Å². The van der Waals surface area contributed by atoms with Crippen molar-refractivity contribution in [2.24, 2.45) is 0 Å². The highest BCUT2D eigenvalue weighted by molar-refractivity contribution is 7.90. The molecule has 0 atom stereocenters. The Balaban J connectivity index is 5.28. The summed E-state index contributed by atoms with van der Waals surface area (Å²) in [5, 5.41) is 0. The fraction of sp³-hybridized carbons (Fsp3) is 0.333. The quantitative estimate of drug-likeness (QED) is 0.376. The first-order valence-electron chi connectivity index (χ1n) is 3.42. The molecule has 0 radical (unpaired) electrons. The molecule has 8 heteroatoms. The van der Waals surface area contributed by atoms with Gasteiger partial charge in [-0.3, -0.25) is 9.12 Å². The van der Waals surface area contributed by atoms with Gasteiger partial charge >= 0.3 is 7.60 Å². The molecule has 0 amide bonds. The Bertz CT molecular complexity index is 400. The van der Waals surface area contributed by atoms with E-state index in [4.69, 9.17) is 14.3 Å². The van der Waals surface area contributed by atoms with Crippen LogP contribution in [0, 0.1) is 0 Å². The van der Waals surface area contributed by atoms with Crippen molar-refractivity contribution in [1.29, 1.82) is 0 Å². The molecule has 6 nitrogen and oxygen atoms in total. The van der Waals surface area contributed by atoms with Gasteiger partial charge in [-0.05, 0) is 18.6 Å². The summed E-state index contributed by atoms with van der Waals surface area (Å²) in [5.41, 5.74) is -0.129. The van der Waals surface area contributed by atoms with Crippen molar-refractivity contribution in [3.05, 3.63) is 23.1 Å². The minimum Gasteiger partial charge on any atom is -0.324 e. The lowest BCUT2D eigenvalue weighted by atomic mass is 10.3. The van der Waals surface area contributed by atoms with Gasteiger partial charge in [0, 0.05) is 0 Å². The lowest BCUT2D eigenvalue weighted by Gasteiger charge is -2.06. The Kier molecular flexibility index (Phi) is 4.23. The zero-order valence-corrected chi connectivity index (χ0v) is 9.12. The molecule has 0 aliphatic heterocycles. The minimum atomic E-state index is -4.47. The molecular formula is C6H11O6PS. The highest BCUT2D eigenvalue weighted by Gasteiger charge is 2.20. The Morgan fingerprint density at radius 1 is 1.50 bits per heavy atom. The van der Waals surface area contributed by atoms with Gasteiger partial charge in [0.15, 0.2) is 0 Å². The number of rotatable bonds is 4. The van der Waals surface area contributed by atoms with Crippen LogP contribution in [-0.4, -0.2) is 28.9 Å². The molecule has 0 rings (SSSR count). The first-order chi connectivity index (χ1) is 6.08. The van der Waals surface area contributed by atoms with E-state index < -0.39 is 28.8 Å². The van der Waals surface area contributed by atoms with E-state index >= 15 is 0 Å². The summed E-state index contributed by atoms with van der Waals surface area (Å²) in [5.74, 6) is 0. The van der Waals surface area contributed by atoms with Gasteiger partial charge in [0.2, 0.25) is 0 Å². The van der Waals surface area contributed by atoms with Crippen molar-refractivity contribution in [2.75, 3.05) is 6.16 Å². The van der Waals surface area contributed by atoms with E-state index in [2.05, 4.69) is 6.58 Å². The van der Waals surface area contributed by atoms with Crippen LogP contribution in [0.3, 0.4) is 0 Å². The number of hydrogen-bond donors (Lipinski definition) is 3. The Morgan fingerprint density at radius 3 is 2.14 bits per heavy atom. The fourth-order valence-corrected chi connectivity index (χ4v) is 2.50. The third-order valence-electron chi connectivity index (χ3n) is 1.33. The van der Waals surface area contributed by atoms with Crippen LogP contribution >= 0.6 is 7.60 Å². The summed E-state index contributed by atoms with van der Waals surface area (Å²) in [4.78, 5) is 16.6. The normalized spacial score (nSPS) is 14.9. The lowest BCUT2D eigenvalue weighted by molar-refractivity contribution is 0.376. The average Bonchev–Trinajstić information content (AvgIpc) is 1.79. The third kappa shape index (κ3) is 4.69. The molecular weight excluding hydrogens is 231 g/mol. The van der Waals surface area contributed by atoms with Gasteiger partial charge < -0.3 is 9.79 Å². The van der Waals surface area contributed by atoms with E-state index in [0.29, 0.717) is 0 Å². The molecule has 0 bridgehead atoms. The van der Waals surface area contributed by atoms with E-state index in [1.807, 2.05) is 0 Å². The van der Waals surface area contributed by atoms with Crippen LogP contribution in [0.25, 0.3) is 0 Å². The molecule has 0 heterocycles. The summed E-state index contributed by atoms with van der Waals surface area (Å²) >= 11 is 0. The molecule has 0 aromatic carbocycles. The topological polar surface area (TPSA) is 112 Å². The molecule has 0 saturated heterocycles. The van der Waals surface area contributed by atoms with Gasteiger partial charge in [-0.25, -0.2) is 0 Å². The molecule has 0 aliphatic carbocycles. The largest absolute Gasteiger partial charge is 0.329 e. The monoisotopic (exact) mass is 242 g/mol. The molecule has 0 aromatic heterocycles. The Labute approximate surface area is 81.9 Å². The smallest absolute Gasteiger partial charge is 0.324 e. The first-order valence-corrected chi connectivity index (χ1v) is 6.66. The molecule has 0 saturated carbocycles. The van der Waals surface area contributed by atoms with Crippen molar-refractivity contribution in [1.82, 2.24) is 0 Å². The van der Waals surface area contributed by atoms with E-state index in [0.717, 1.165) is 6.08 Å². The average molecular weight is 242 g/mol. The summed E-state index contributed by atoms with van der Waals surface area (Å²) < 4.78 is 40.5. The fourth-order valence-electron chi connectivity index (χ4n) is 0.887. The second-order valence-electron chi connectivity index (χ2n) is 2.65. The molecule has 0 aliphatic rings. The van der Waals surface area contributed by atoms with Crippen molar-refractivity contribution in [2.45, 2.75) is 6.92 Å². The molecule has 14 heavy (non-hydrogen) atoms. The van der Waals surface area contributed by atoms with E-state index in [9.17, 15) is 13.0 Å². The second kappa shape index (κ2) is 4.37. The maximum atomic E-state index is 10.7. The van der Waals surface area contributed by atoms with Crippen LogP contribution in [0.2, 0.25) is 0 Å². The van der Waals surface area contributed by atoms with Gasteiger partial charge in [-0.15, -0.1) is 0 Å². The highest BCUT2D eigenvalue weighted by atomic mass is 32.2. The molecule has 0 spiro atoms. The van der Waals surface area contributed by atoms with Gasteiger partial charge in [0.1, 0.15) is 0 Å². The van der Waals surface area contributed by atoms with Crippen LogP contribution < -0.4 is 0 Å². The van der Waals surface area contributed by atoms with Crippen LogP contribution in [0.1, 0.15) is 6.92 Å². The van der Waals surface area contributed by atoms with E-state index in [1.165, 1.54) is 6.92 Å². The first kappa shape index (κ1) is 13.5. The summed E-state index contributed by atoms with van der Waals surface area (Å²) in [6.45, 7) is 4.33. The third-order valence-corrected chi connectivity index (χ3v) is 3.28. The number of allylic oxidation sites excluding steroid dienone is 2. The van der Waals surface area contributed by atoms with Crippen molar-refractivity contribution < 1.29 is 27.3 Å². The lowest BCUT2D eigenvalue weighted by Crippen LogP contribution is -2.04. The predicted molar refractivity (Wildman–Crippen MR) is 51.4 cm³/mol. The number of hydrogen-bond acceptors (Lipinski definition) is 3. The van der Waals surface area contributed by atoms with Crippen LogP contribution in [-0.2, 0) is 14.7 Å². The van der Waals surface area contributed by atoms with E-state index in [-0.39, 0.29) is 5.57 Å². The van der Waals surface area contributed by atoms with Gasteiger partial charge in [-0.2, -0.15) is 8.42 Å². The van der Waals surface area contributed by atoms with Crippen LogP contribution in [0.4, 0.5) is 0 Å². The Hall–Kier alpha value is -0.460. The second-order valence-corrected chi connectivity index (χ2v) is 5.68. The zero-order valence-electron chi connectivity index (χ0n) is 7.41. The summed E-state index contributed by atoms with van der Waals surface area (Å²) in [6, 6.07) is 0. The van der Waals surface area contributed by atoms with Crippen molar-refractivity contribution in [3.63, 3.8) is 0 Å². The molecule has 0 aromatic rings. The van der Waals surface area contributed by atoms with Gasteiger partial charge in [0.25, 0.3) is 10.1 Å². The molecule has 82 valence electrons. The van der Waals surface area contributed by atoms with Gasteiger partial charge in [0.05, 0.1) is 11.1 Å². The Morgan fingerprint density at radius 2 is 1.93 bits per heavy atom.